The number of esters is 1. The zero-order valence-electron chi connectivity index (χ0n) is 42.2. The summed E-state index contributed by atoms with van der Waals surface area (Å²) in [4.78, 5) is 52.6. The Morgan fingerprint density at radius 1 is 0.437 bits per heavy atom. The van der Waals surface area contributed by atoms with Crippen molar-refractivity contribution >= 4 is 29.1 Å². The molecule has 0 aliphatic carbocycles. The SMILES string of the molecule is C.CC(=O)CCC[C@H](O)[C@H](O)CO.CC(=O)CCC[C@H](O)[C@H](O)CO.CC(=O)CCC[C@H](O)[C@H](O)CO.CC(=O)CCC[C@H](O)[C@H](O)CO.CCCCC[C@H](O)[C@H](O)CO.O=C1CCCC([C@H](O)CO)O1. The number of unbranched alkanes of at least 4 members (excludes halogenated alkanes) is 2. The fraction of sp³-hybridized carbons (Fsp3) is 0.896. The second-order valence-corrected chi connectivity index (χ2v) is 17.1. The van der Waals surface area contributed by atoms with Gasteiger partial charge in [0.1, 0.15) is 65.9 Å². The van der Waals surface area contributed by atoms with Crippen LogP contribution in [0.15, 0.2) is 0 Å². The van der Waals surface area contributed by atoms with Crippen LogP contribution in [0, 0.1) is 0 Å². The number of hydrogen-bond donors (Lipinski definition) is 17. The molecule has 0 aromatic heterocycles. The van der Waals surface area contributed by atoms with Crippen LogP contribution in [0.25, 0.3) is 0 Å². The van der Waals surface area contributed by atoms with Gasteiger partial charge in [-0.3, -0.25) is 4.79 Å². The summed E-state index contributed by atoms with van der Waals surface area (Å²) >= 11 is 0. The van der Waals surface area contributed by atoms with Gasteiger partial charge in [-0.2, -0.15) is 0 Å². The van der Waals surface area contributed by atoms with Crippen molar-refractivity contribution in [1.29, 1.82) is 0 Å². The van der Waals surface area contributed by atoms with E-state index in [1.807, 2.05) is 0 Å². The molecule has 1 rings (SSSR count). The minimum Gasteiger partial charge on any atom is -0.460 e. The number of aliphatic hydroxyl groups excluding tert-OH is 17. The molecule has 71 heavy (non-hydrogen) atoms. The van der Waals surface area contributed by atoms with Gasteiger partial charge in [0, 0.05) is 32.1 Å². The van der Waals surface area contributed by atoms with Crippen LogP contribution in [-0.4, -0.2) is 229 Å². The average Bonchev–Trinajstić information content (AvgIpc) is 3.32. The van der Waals surface area contributed by atoms with Crippen molar-refractivity contribution in [3.05, 3.63) is 0 Å². The highest BCUT2D eigenvalue weighted by Gasteiger charge is 2.26. The number of ketones is 4. The lowest BCUT2D eigenvalue weighted by Crippen LogP contribution is -2.36. The van der Waals surface area contributed by atoms with Crippen LogP contribution in [0.4, 0.5) is 0 Å². The molecule has 23 heteroatoms. The minimum atomic E-state index is -1.09. The van der Waals surface area contributed by atoms with Crippen molar-refractivity contribution < 1.29 is 116 Å². The van der Waals surface area contributed by atoms with Crippen LogP contribution >= 0.6 is 0 Å². The summed E-state index contributed by atoms with van der Waals surface area (Å²) in [5.41, 5.74) is 0. The smallest absolute Gasteiger partial charge is 0.306 e. The summed E-state index contributed by atoms with van der Waals surface area (Å²) in [7, 11) is 0. The zero-order chi connectivity index (χ0) is 55.2. The van der Waals surface area contributed by atoms with E-state index in [1.165, 1.54) is 27.7 Å². The van der Waals surface area contributed by atoms with Gasteiger partial charge in [-0.25, -0.2) is 0 Å². The van der Waals surface area contributed by atoms with E-state index in [0.29, 0.717) is 96.3 Å². The molecule has 1 fully saturated rings. The van der Waals surface area contributed by atoms with Crippen molar-refractivity contribution in [1.82, 2.24) is 0 Å². The summed E-state index contributed by atoms with van der Waals surface area (Å²) in [6, 6.07) is 0. The fourth-order valence-corrected chi connectivity index (χ4v) is 5.54. The highest BCUT2D eigenvalue weighted by atomic mass is 16.6. The Hall–Kier alpha value is -2.53. The van der Waals surface area contributed by atoms with Gasteiger partial charge in [0.15, 0.2) is 0 Å². The van der Waals surface area contributed by atoms with Crippen LogP contribution in [0.5, 0.6) is 0 Å². The predicted molar refractivity (Wildman–Crippen MR) is 261 cm³/mol. The Balaban J connectivity index is -0.000000178. The first-order chi connectivity index (χ1) is 32.8. The number of aliphatic hydroxyl groups is 17. The van der Waals surface area contributed by atoms with Crippen molar-refractivity contribution in [2.45, 2.75) is 237 Å². The summed E-state index contributed by atoms with van der Waals surface area (Å²) in [5, 5.41) is 150. The maximum absolute atomic E-state index is 10.7. The normalized spacial score (nSPS) is 17.4. The number of rotatable bonds is 32. The molecule has 1 heterocycles. The van der Waals surface area contributed by atoms with Gasteiger partial charge in [-0.1, -0.05) is 33.6 Å². The minimum absolute atomic E-state index is 0. The van der Waals surface area contributed by atoms with E-state index in [-0.39, 0.29) is 49.7 Å². The zero-order valence-corrected chi connectivity index (χ0v) is 42.2. The molecule has 1 aliphatic rings. The van der Waals surface area contributed by atoms with E-state index in [2.05, 4.69) is 6.92 Å². The molecule has 0 saturated carbocycles. The molecule has 23 nitrogen and oxygen atoms in total. The average molecular weight is 1040 g/mol. The Morgan fingerprint density at radius 2 is 0.690 bits per heavy atom. The van der Waals surface area contributed by atoms with Gasteiger partial charge in [0.2, 0.25) is 0 Å². The molecule has 12 atom stereocenters. The van der Waals surface area contributed by atoms with Crippen LogP contribution in [0.3, 0.4) is 0 Å². The van der Waals surface area contributed by atoms with E-state index in [4.69, 9.17) is 91.5 Å². The Morgan fingerprint density at radius 3 is 0.887 bits per heavy atom. The molecule has 0 aromatic carbocycles. The molecule has 17 N–H and O–H groups in total. The third kappa shape index (κ3) is 55.1. The first-order valence-electron chi connectivity index (χ1n) is 24.1. The second-order valence-electron chi connectivity index (χ2n) is 17.1. The Kier molecular flexibility index (Phi) is 60.5. The molecule has 428 valence electrons. The number of Topliss-reactive ketones (excluding diaryl/α,β-unsaturated/α-hetero) is 4. The van der Waals surface area contributed by atoms with Crippen LogP contribution in [0.1, 0.15) is 164 Å². The maximum Gasteiger partial charge on any atom is 0.306 e. The van der Waals surface area contributed by atoms with Gasteiger partial charge in [-0.15, -0.1) is 0 Å². The van der Waals surface area contributed by atoms with Crippen LogP contribution < -0.4 is 0 Å². The van der Waals surface area contributed by atoms with Crippen molar-refractivity contribution in [2.24, 2.45) is 0 Å². The Labute approximate surface area is 420 Å². The molecule has 1 saturated heterocycles. The first-order valence-corrected chi connectivity index (χ1v) is 24.1. The lowest BCUT2D eigenvalue weighted by Gasteiger charge is -2.25. The molecular weight excluding hydrogens is 945 g/mol. The summed E-state index contributed by atoms with van der Waals surface area (Å²) in [6.07, 6.45) is -0.471. The number of carbonyl (C=O) groups excluding carboxylic acids is 5. The van der Waals surface area contributed by atoms with E-state index in [1.54, 1.807) is 0 Å². The first kappa shape index (κ1) is 79.9. The highest BCUT2D eigenvalue weighted by molar-refractivity contribution is 5.76. The van der Waals surface area contributed by atoms with Gasteiger partial charge in [0.25, 0.3) is 0 Å². The molecule has 1 unspecified atom stereocenters. The molecule has 0 aromatic rings. The summed E-state index contributed by atoms with van der Waals surface area (Å²) in [5.74, 6) is -0.00324. The number of cyclic esters (lactones) is 1. The molecule has 0 spiro atoms. The fourth-order valence-electron chi connectivity index (χ4n) is 5.54. The van der Waals surface area contributed by atoms with E-state index < -0.39 is 99.7 Å². The van der Waals surface area contributed by atoms with Gasteiger partial charge in [-0.05, 0) is 98.3 Å². The largest absolute Gasteiger partial charge is 0.460 e. The molecule has 1 aliphatic heterocycles. The monoisotopic (exact) mass is 1040 g/mol. The van der Waals surface area contributed by atoms with E-state index >= 15 is 0 Å². The van der Waals surface area contributed by atoms with Gasteiger partial charge < -0.3 is 111 Å². The van der Waals surface area contributed by atoms with Crippen molar-refractivity contribution in [2.75, 3.05) is 39.6 Å². The third-order valence-corrected chi connectivity index (χ3v) is 10.1. The highest BCUT2D eigenvalue weighted by Crippen LogP contribution is 2.16. The van der Waals surface area contributed by atoms with E-state index in [0.717, 1.165) is 25.7 Å². The van der Waals surface area contributed by atoms with Gasteiger partial charge in [0.05, 0.1) is 70.2 Å². The van der Waals surface area contributed by atoms with Crippen LogP contribution in [-0.2, 0) is 28.7 Å². The lowest BCUT2D eigenvalue weighted by atomic mass is 10.0. The predicted octanol–water partition coefficient (Wildman–Crippen LogP) is -1.81. The number of carbonyl (C=O) groups is 5. The lowest BCUT2D eigenvalue weighted by molar-refractivity contribution is -0.162. The summed E-state index contributed by atoms with van der Waals surface area (Å²) < 4.78 is 4.79. The van der Waals surface area contributed by atoms with Crippen molar-refractivity contribution in [3.63, 3.8) is 0 Å². The standard InChI is InChI=1S/4C8H16O4.C8H18O3.C7H12O4.CH4/c4*1-6(10)3-2-4-7(11)8(12)5-9;1-2-3-4-5-7(10)8(11)6-9;8-4-5(9)6-2-1-3-7(10)11-6;/h4*7-9,11-12H,2-5H2,1H3;7-11H,2-6H2,1H3;5-6,8-9H,1-4H2;1H4/t5*7-,8+;5-,6?;/m000001./s1. The maximum atomic E-state index is 10.7. The van der Waals surface area contributed by atoms with Crippen molar-refractivity contribution in [3.8, 4) is 0 Å². The van der Waals surface area contributed by atoms with Crippen LogP contribution in [0.2, 0.25) is 0 Å². The molecule has 0 radical (unpaired) electrons. The Bertz CT molecular complexity index is 1120. The summed E-state index contributed by atoms with van der Waals surface area (Å²) in [6.45, 7) is 5.53. The number of hydrogen-bond acceptors (Lipinski definition) is 23. The van der Waals surface area contributed by atoms with Gasteiger partial charge >= 0.3 is 5.97 Å². The molecular formula is C48H98O23. The molecule has 0 amide bonds. The molecule has 0 bridgehead atoms. The quantitative estimate of drug-likeness (QED) is 0.0261. The number of ether oxygens (including phenoxy) is 1. The van der Waals surface area contributed by atoms with E-state index in [9.17, 15) is 24.0 Å². The third-order valence-electron chi connectivity index (χ3n) is 10.1. The second kappa shape index (κ2) is 53.8. The topological polar surface area (TPSA) is 438 Å².